The first-order chi connectivity index (χ1) is 11.2. The molecule has 1 saturated heterocycles. The smallest absolute Gasteiger partial charge is 0.266 e. The van der Waals surface area contributed by atoms with E-state index < -0.39 is 0 Å². The number of ether oxygens (including phenoxy) is 2. The summed E-state index contributed by atoms with van der Waals surface area (Å²) in [5.41, 5.74) is 0.929. The van der Waals surface area contributed by atoms with E-state index in [1.807, 2.05) is 29.2 Å². The first-order valence-electron chi connectivity index (χ1n) is 7.89. The van der Waals surface area contributed by atoms with Crippen LogP contribution in [0.25, 0.3) is 6.08 Å². The standard InChI is InChI=1S/C17H17NO3S2/c19-16-15(9-11-6-7-13-14(8-11)21-10-20-13)23-17(22)18(16)12-4-2-1-3-5-12/h6-9,12H,1-5,10H2/b15-9+. The average molecular weight is 347 g/mol. The number of carbonyl (C=O) groups is 1. The number of thioether (sulfide) groups is 1. The van der Waals surface area contributed by atoms with Crippen molar-refractivity contribution >= 4 is 40.3 Å². The maximum absolute atomic E-state index is 12.7. The molecule has 1 amide bonds. The minimum Gasteiger partial charge on any atom is -0.454 e. The van der Waals surface area contributed by atoms with Gasteiger partial charge in [0.05, 0.1) is 4.91 Å². The van der Waals surface area contributed by atoms with E-state index >= 15 is 0 Å². The van der Waals surface area contributed by atoms with Crippen LogP contribution in [0.2, 0.25) is 0 Å². The molecule has 6 heteroatoms. The van der Waals surface area contributed by atoms with Gasteiger partial charge in [-0.25, -0.2) is 0 Å². The van der Waals surface area contributed by atoms with Crippen molar-refractivity contribution < 1.29 is 14.3 Å². The lowest BCUT2D eigenvalue weighted by Gasteiger charge is -2.29. The van der Waals surface area contributed by atoms with Gasteiger partial charge in [-0.2, -0.15) is 0 Å². The molecule has 0 atom stereocenters. The normalized spacial score (nSPS) is 23.1. The van der Waals surface area contributed by atoms with Crippen LogP contribution in [0.3, 0.4) is 0 Å². The number of amides is 1. The summed E-state index contributed by atoms with van der Waals surface area (Å²) in [6.07, 6.45) is 7.64. The minimum absolute atomic E-state index is 0.0459. The number of rotatable bonds is 2. The minimum atomic E-state index is 0.0459. The largest absolute Gasteiger partial charge is 0.454 e. The fraction of sp³-hybridized carbons (Fsp3) is 0.412. The van der Waals surface area contributed by atoms with E-state index in [0.29, 0.717) is 9.23 Å². The van der Waals surface area contributed by atoms with Gasteiger partial charge in [-0.3, -0.25) is 9.69 Å². The van der Waals surface area contributed by atoms with Gasteiger partial charge in [0.1, 0.15) is 4.32 Å². The molecule has 0 radical (unpaired) electrons. The van der Waals surface area contributed by atoms with Gasteiger partial charge in [0, 0.05) is 6.04 Å². The number of fused-ring (bicyclic) bond motifs is 1. The zero-order valence-electron chi connectivity index (χ0n) is 12.6. The summed E-state index contributed by atoms with van der Waals surface area (Å²) in [6, 6.07) is 5.98. The lowest BCUT2D eigenvalue weighted by Crippen LogP contribution is -2.39. The number of carbonyl (C=O) groups excluding carboxylic acids is 1. The van der Waals surface area contributed by atoms with E-state index in [-0.39, 0.29) is 18.7 Å². The second-order valence-corrected chi connectivity index (χ2v) is 7.63. The number of hydrogen-bond donors (Lipinski definition) is 0. The van der Waals surface area contributed by atoms with Gasteiger partial charge >= 0.3 is 0 Å². The molecule has 0 bridgehead atoms. The predicted molar refractivity (Wildman–Crippen MR) is 94.5 cm³/mol. The van der Waals surface area contributed by atoms with Crippen LogP contribution in [0.1, 0.15) is 37.7 Å². The van der Waals surface area contributed by atoms with Gasteiger partial charge in [-0.1, -0.05) is 49.3 Å². The molecule has 1 aromatic rings. The lowest BCUT2D eigenvalue weighted by molar-refractivity contribution is -0.124. The Labute approximate surface area is 144 Å². The molecule has 2 fully saturated rings. The molecular formula is C17H17NO3S2. The summed E-state index contributed by atoms with van der Waals surface area (Å²) < 4.78 is 11.4. The monoisotopic (exact) mass is 347 g/mol. The van der Waals surface area contributed by atoms with Crippen molar-refractivity contribution in [1.29, 1.82) is 0 Å². The third-order valence-corrected chi connectivity index (χ3v) is 5.79. The molecular weight excluding hydrogens is 330 g/mol. The summed E-state index contributed by atoms with van der Waals surface area (Å²) in [5.74, 6) is 1.52. The van der Waals surface area contributed by atoms with Crippen LogP contribution >= 0.6 is 24.0 Å². The fourth-order valence-corrected chi connectivity index (χ4v) is 4.69. The Bertz CT molecular complexity index is 695. The number of nitrogens with zero attached hydrogens (tertiary/aromatic N) is 1. The molecule has 1 aromatic carbocycles. The van der Waals surface area contributed by atoms with Gasteiger partial charge in [-0.05, 0) is 36.6 Å². The van der Waals surface area contributed by atoms with E-state index in [1.54, 1.807) is 0 Å². The Balaban J connectivity index is 1.57. The van der Waals surface area contributed by atoms with E-state index in [9.17, 15) is 4.79 Å². The zero-order valence-corrected chi connectivity index (χ0v) is 14.3. The van der Waals surface area contributed by atoms with Crippen LogP contribution in [0.4, 0.5) is 0 Å². The second-order valence-electron chi connectivity index (χ2n) is 5.96. The highest BCUT2D eigenvalue weighted by atomic mass is 32.2. The SMILES string of the molecule is O=C1/C(=C\c2ccc3c(c2)OCO3)SC(=S)N1C1CCCCC1. The molecule has 23 heavy (non-hydrogen) atoms. The van der Waals surface area contributed by atoms with Crippen LogP contribution < -0.4 is 9.47 Å². The first-order valence-corrected chi connectivity index (χ1v) is 9.11. The summed E-state index contributed by atoms with van der Waals surface area (Å²) in [7, 11) is 0. The van der Waals surface area contributed by atoms with Crippen molar-refractivity contribution in [3.8, 4) is 11.5 Å². The van der Waals surface area contributed by atoms with Crippen molar-refractivity contribution in [2.45, 2.75) is 38.1 Å². The maximum Gasteiger partial charge on any atom is 0.266 e. The highest BCUT2D eigenvalue weighted by molar-refractivity contribution is 8.26. The molecule has 0 N–H and O–H groups in total. The molecule has 1 aliphatic carbocycles. The van der Waals surface area contributed by atoms with E-state index in [4.69, 9.17) is 21.7 Å². The molecule has 0 spiro atoms. The first kappa shape index (κ1) is 15.0. The maximum atomic E-state index is 12.7. The van der Waals surface area contributed by atoms with Crippen LogP contribution in [0.15, 0.2) is 23.1 Å². The Kier molecular flexibility index (Phi) is 4.03. The molecule has 0 unspecified atom stereocenters. The van der Waals surface area contributed by atoms with Crippen LogP contribution in [-0.2, 0) is 4.79 Å². The Hall–Kier alpha value is -1.53. The van der Waals surface area contributed by atoms with Crippen molar-refractivity contribution in [3.63, 3.8) is 0 Å². The van der Waals surface area contributed by atoms with E-state index in [1.165, 1.54) is 31.0 Å². The van der Waals surface area contributed by atoms with Crippen LogP contribution in [-0.4, -0.2) is 28.0 Å². The predicted octanol–water partition coefficient (Wildman–Crippen LogP) is 3.95. The topological polar surface area (TPSA) is 38.8 Å². The van der Waals surface area contributed by atoms with Gasteiger partial charge in [0.15, 0.2) is 11.5 Å². The molecule has 120 valence electrons. The van der Waals surface area contributed by atoms with Gasteiger partial charge in [0.25, 0.3) is 5.91 Å². The number of benzene rings is 1. The third-order valence-electron chi connectivity index (χ3n) is 4.46. The zero-order chi connectivity index (χ0) is 15.8. The highest BCUT2D eigenvalue weighted by Gasteiger charge is 2.37. The van der Waals surface area contributed by atoms with E-state index in [2.05, 4.69) is 0 Å². The summed E-state index contributed by atoms with van der Waals surface area (Å²) >= 11 is 6.85. The quantitative estimate of drug-likeness (QED) is 0.598. The number of thiocarbonyl (C=S) groups is 1. The van der Waals surface area contributed by atoms with Crippen molar-refractivity contribution in [2.75, 3.05) is 6.79 Å². The molecule has 3 aliphatic rings. The molecule has 2 heterocycles. The van der Waals surface area contributed by atoms with E-state index in [0.717, 1.165) is 29.9 Å². The third kappa shape index (κ3) is 2.85. The van der Waals surface area contributed by atoms with Gasteiger partial charge < -0.3 is 9.47 Å². The fourth-order valence-electron chi connectivity index (χ4n) is 3.29. The number of hydrogen-bond acceptors (Lipinski definition) is 5. The van der Waals surface area contributed by atoms with Crippen molar-refractivity contribution in [2.24, 2.45) is 0 Å². The van der Waals surface area contributed by atoms with Gasteiger partial charge in [0.2, 0.25) is 6.79 Å². The highest BCUT2D eigenvalue weighted by Crippen LogP contribution is 2.38. The van der Waals surface area contributed by atoms with Crippen molar-refractivity contribution in [3.05, 3.63) is 28.7 Å². The molecule has 4 nitrogen and oxygen atoms in total. The Morgan fingerprint density at radius 3 is 2.78 bits per heavy atom. The summed E-state index contributed by atoms with van der Waals surface area (Å²) in [5, 5.41) is 0. The average Bonchev–Trinajstić information content (AvgIpc) is 3.13. The van der Waals surface area contributed by atoms with Crippen molar-refractivity contribution in [1.82, 2.24) is 4.90 Å². The summed E-state index contributed by atoms with van der Waals surface area (Å²) in [6.45, 7) is 0.253. The van der Waals surface area contributed by atoms with Gasteiger partial charge in [-0.15, -0.1) is 0 Å². The molecule has 0 aromatic heterocycles. The Morgan fingerprint density at radius 2 is 1.96 bits per heavy atom. The molecule has 1 saturated carbocycles. The summed E-state index contributed by atoms with van der Waals surface area (Å²) in [4.78, 5) is 15.3. The van der Waals surface area contributed by atoms with Crippen LogP contribution in [0, 0.1) is 0 Å². The Morgan fingerprint density at radius 1 is 1.17 bits per heavy atom. The van der Waals surface area contributed by atoms with Crippen LogP contribution in [0.5, 0.6) is 11.5 Å². The molecule has 2 aliphatic heterocycles. The lowest BCUT2D eigenvalue weighted by atomic mass is 9.94. The second kappa shape index (κ2) is 6.17. The molecule has 4 rings (SSSR count).